The van der Waals surface area contributed by atoms with Crippen molar-refractivity contribution in [2.24, 2.45) is 0 Å². The van der Waals surface area contributed by atoms with Crippen LogP contribution in [0.1, 0.15) is 12.6 Å². The molecule has 1 aromatic heterocycles. The first kappa shape index (κ1) is 13.2. The molecule has 5 heteroatoms. The largest absolute Gasteiger partial charge is 0.463 e. The van der Waals surface area contributed by atoms with Gasteiger partial charge in [-0.25, -0.2) is 9.18 Å². The van der Waals surface area contributed by atoms with Crippen LogP contribution in [0.4, 0.5) is 4.39 Å². The van der Waals surface area contributed by atoms with Crippen molar-refractivity contribution in [3.63, 3.8) is 0 Å². The van der Waals surface area contributed by atoms with Crippen LogP contribution in [-0.2, 0) is 14.3 Å². The van der Waals surface area contributed by atoms with E-state index in [1.807, 2.05) is 6.92 Å². The number of rotatable bonds is 1. The number of halogens is 1. The maximum atomic E-state index is 12.0. The quantitative estimate of drug-likeness (QED) is 0.521. The summed E-state index contributed by atoms with van der Waals surface area (Å²) < 4.78 is 16.0. The molecule has 1 rings (SSSR count). The Morgan fingerprint density at radius 3 is 2.20 bits per heavy atom. The van der Waals surface area contributed by atoms with Crippen molar-refractivity contribution in [3.05, 3.63) is 29.8 Å². The number of hydrogen-bond donors (Lipinski definition) is 0. The second-order valence-corrected chi connectivity index (χ2v) is 2.67. The summed E-state index contributed by atoms with van der Waals surface area (Å²) in [5, 5.41) is 0. The topological polar surface area (TPSA) is 56.3 Å². The number of aromatic nitrogens is 1. The van der Waals surface area contributed by atoms with Gasteiger partial charge in [0, 0.05) is 12.6 Å². The monoisotopic (exact) mass is 213 g/mol. The molecule has 1 aromatic rings. The average molecular weight is 213 g/mol. The van der Waals surface area contributed by atoms with E-state index in [4.69, 9.17) is 0 Å². The van der Waals surface area contributed by atoms with Gasteiger partial charge in [-0.2, -0.15) is 0 Å². The summed E-state index contributed by atoms with van der Waals surface area (Å²) in [6.45, 7) is 2.98. The second kappa shape index (κ2) is 6.64. The van der Waals surface area contributed by atoms with Crippen LogP contribution >= 0.6 is 0 Å². The number of aryl methyl sites for hydroxylation is 1. The Kier molecular flexibility index (Phi) is 5.85. The normalized spacial score (nSPS) is 8.53. The molecule has 82 valence electrons. The summed E-state index contributed by atoms with van der Waals surface area (Å²) in [4.78, 5) is 23.5. The summed E-state index contributed by atoms with van der Waals surface area (Å²) in [5.74, 6) is -1.64. The van der Waals surface area contributed by atoms with Gasteiger partial charge in [-0.05, 0) is 19.1 Å². The fourth-order valence-corrected chi connectivity index (χ4v) is 0.593. The fourth-order valence-electron chi connectivity index (χ4n) is 0.593. The molecule has 0 aliphatic heterocycles. The number of ketones is 1. The third-order valence-corrected chi connectivity index (χ3v) is 1.35. The van der Waals surface area contributed by atoms with E-state index in [1.54, 1.807) is 6.07 Å². The molecule has 0 saturated heterocycles. The van der Waals surface area contributed by atoms with Gasteiger partial charge in [0.1, 0.15) is 5.82 Å². The highest BCUT2D eigenvalue weighted by Crippen LogP contribution is 1.94. The first-order chi connectivity index (χ1) is 6.97. The first-order valence-corrected chi connectivity index (χ1v) is 4.14. The van der Waals surface area contributed by atoms with E-state index in [9.17, 15) is 14.0 Å². The molecule has 0 fully saturated rings. The molecule has 0 bridgehead atoms. The van der Waals surface area contributed by atoms with Crippen molar-refractivity contribution in [2.45, 2.75) is 13.8 Å². The molecular formula is C10H12FNO3. The lowest BCUT2D eigenvalue weighted by Crippen LogP contribution is -2.10. The summed E-state index contributed by atoms with van der Waals surface area (Å²) in [5.41, 5.74) is 0.839. The van der Waals surface area contributed by atoms with Crippen LogP contribution in [0.15, 0.2) is 18.3 Å². The maximum absolute atomic E-state index is 12.0. The molecule has 1 heterocycles. The van der Waals surface area contributed by atoms with E-state index < -0.39 is 11.8 Å². The lowest BCUT2D eigenvalue weighted by molar-refractivity contribution is -0.150. The van der Waals surface area contributed by atoms with Crippen molar-refractivity contribution in [1.29, 1.82) is 0 Å². The third-order valence-electron chi connectivity index (χ3n) is 1.35. The van der Waals surface area contributed by atoms with Gasteiger partial charge in [-0.1, -0.05) is 0 Å². The molecule has 0 aromatic carbocycles. The number of methoxy groups -OCH3 is 1. The van der Waals surface area contributed by atoms with Gasteiger partial charge in [0.25, 0.3) is 0 Å². The summed E-state index contributed by atoms with van der Waals surface area (Å²) in [6, 6.07) is 3.03. The molecule has 0 unspecified atom stereocenters. The van der Waals surface area contributed by atoms with Gasteiger partial charge >= 0.3 is 5.97 Å². The third kappa shape index (κ3) is 6.31. The average Bonchev–Trinajstić information content (AvgIpc) is 2.22. The molecule has 0 radical (unpaired) electrons. The number of carbonyl (C=O) groups excluding carboxylic acids is 2. The van der Waals surface area contributed by atoms with Crippen LogP contribution in [0.3, 0.4) is 0 Å². The summed E-state index contributed by atoms with van der Waals surface area (Å²) >= 11 is 0. The van der Waals surface area contributed by atoms with Crippen LogP contribution in [-0.4, -0.2) is 23.8 Å². The highest BCUT2D eigenvalue weighted by molar-refractivity contribution is 6.32. The lowest BCUT2D eigenvalue weighted by atomic mass is 10.4. The summed E-state index contributed by atoms with van der Waals surface area (Å²) in [6.07, 6.45) is 1.20. The number of carbonyl (C=O) groups is 2. The number of Topliss-reactive ketones (excluding diaryl/α,β-unsaturated/α-hetero) is 1. The van der Waals surface area contributed by atoms with E-state index in [0.717, 1.165) is 12.6 Å². The zero-order valence-corrected chi connectivity index (χ0v) is 8.78. The zero-order chi connectivity index (χ0) is 11.8. The molecule has 0 atom stereocenters. The predicted octanol–water partition coefficient (Wildman–Crippen LogP) is 1.28. The Hall–Kier alpha value is -1.78. The van der Waals surface area contributed by atoms with Crippen LogP contribution in [0.2, 0.25) is 0 Å². The SMILES string of the molecule is COC(=O)C(C)=O.Cc1ccc(F)cn1. The number of ether oxygens (including phenoxy) is 1. The van der Waals surface area contributed by atoms with Crippen LogP contribution in [0.25, 0.3) is 0 Å². The van der Waals surface area contributed by atoms with Gasteiger partial charge in [-0.3, -0.25) is 9.78 Å². The molecule has 15 heavy (non-hydrogen) atoms. The van der Waals surface area contributed by atoms with Crippen LogP contribution in [0, 0.1) is 12.7 Å². The fraction of sp³-hybridized carbons (Fsp3) is 0.300. The second-order valence-electron chi connectivity index (χ2n) is 2.67. The lowest BCUT2D eigenvalue weighted by Gasteiger charge is -1.86. The van der Waals surface area contributed by atoms with Crippen molar-refractivity contribution in [3.8, 4) is 0 Å². The number of nitrogens with zero attached hydrogens (tertiary/aromatic N) is 1. The van der Waals surface area contributed by atoms with E-state index >= 15 is 0 Å². The van der Waals surface area contributed by atoms with E-state index in [1.165, 1.54) is 19.4 Å². The zero-order valence-electron chi connectivity index (χ0n) is 8.78. The molecule has 0 spiro atoms. The van der Waals surface area contributed by atoms with Gasteiger partial charge in [-0.15, -0.1) is 0 Å². The molecule has 0 saturated carbocycles. The molecule has 0 amide bonds. The standard InChI is InChI=1S/C6H6FN.C4H6O3/c1-5-2-3-6(7)4-8-5;1-3(5)4(6)7-2/h2-4H,1H3;1-2H3. The predicted molar refractivity (Wildman–Crippen MR) is 51.6 cm³/mol. The van der Waals surface area contributed by atoms with E-state index in [0.29, 0.717) is 0 Å². The van der Waals surface area contributed by atoms with Crippen molar-refractivity contribution >= 4 is 11.8 Å². The molecule has 0 N–H and O–H groups in total. The molecule has 0 aliphatic rings. The minimum atomic E-state index is -0.792. The molecule has 4 nitrogen and oxygen atoms in total. The summed E-state index contributed by atoms with van der Waals surface area (Å²) in [7, 11) is 1.17. The van der Waals surface area contributed by atoms with Crippen molar-refractivity contribution in [1.82, 2.24) is 4.98 Å². The number of pyridine rings is 1. The Morgan fingerprint density at radius 2 is 2.00 bits per heavy atom. The Balaban J connectivity index is 0.000000265. The van der Waals surface area contributed by atoms with Gasteiger partial charge in [0.15, 0.2) is 0 Å². The van der Waals surface area contributed by atoms with Gasteiger partial charge in [0.05, 0.1) is 13.3 Å². The smallest absolute Gasteiger partial charge is 0.374 e. The minimum Gasteiger partial charge on any atom is -0.463 e. The van der Waals surface area contributed by atoms with E-state index in [2.05, 4.69) is 9.72 Å². The van der Waals surface area contributed by atoms with Crippen molar-refractivity contribution in [2.75, 3.05) is 7.11 Å². The first-order valence-electron chi connectivity index (χ1n) is 4.14. The maximum Gasteiger partial charge on any atom is 0.374 e. The Bertz CT molecular complexity index is 314. The van der Waals surface area contributed by atoms with E-state index in [-0.39, 0.29) is 5.82 Å². The minimum absolute atomic E-state index is 0.282. The van der Waals surface area contributed by atoms with Crippen molar-refractivity contribution < 1.29 is 18.7 Å². The Labute approximate surface area is 87.1 Å². The van der Waals surface area contributed by atoms with Gasteiger partial charge in [0.2, 0.25) is 5.78 Å². The number of esters is 1. The molecular weight excluding hydrogens is 201 g/mol. The van der Waals surface area contributed by atoms with Crippen LogP contribution in [0.5, 0.6) is 0 Å². The number of hydrogen-bond acceptors (Lipinski definition) is 4. The molecule has 0 aliphatic carbocycles. The highest BCUT2D eigenvalue weighted by Gasteiger charge is 2.03. The van der Waals surface area contributed by atoms with Crippen LogP contribution < -0.4 is 0 Å². The van der Waals surface area contributed by atoms with Gasteiger partial charge < -0.3 is 4.74 Å². The highest BCUT2D eigenvalue weighted by atomic mass is 19.1. The Morgan fingerprint density at radius 1 is 1.40 bits per heavy atom.